The maximum Gasteiger partial charge on any atom is 0.231 e. The third-order valence-corrected chi connectivity index (χ3v) is 3.12. The summed E-state index contributed by atoms with van der Waals surface area (Å²) in [4.78, 5) is 11.8. The number of benzene rings is 1. The van der Waals surface area contributed by atoms with Gasteiger partial charge in [0.1, 0.15) is 5.69 Å². The Morgan fingerprint density at radius 3 is 2.70 bits per heavy atom. The number of amides is 1. The first kappa shape index (κ1) is 12.4. The molecule has 2 aromatic rings. The molecule has 4 heteroatoms. The fourth-order valence-corrected chi connectivity index (χ4v) is 2.04. The van der Waals surface area contributed by atoms with Crippen molar-refractivity contribution in [2.45, 2.75) is 6.54 Å². The van der Waals surface area contributed by atoms with Crippen LogP contribution in [0.1, 0.15) is 5.76 Å². The summed E-state index contributed by atoms with van der Waals surface area (Å²) in [6.45, 7) is 0.344. The normalized spacial score (nSPS) is 13.8. The van der Waals surface area contributed by atoms with Crippen LogP contribution in [0.3, 0.4) is 0 Å². The molecule has 0 radical (unpaired) electrons. The lowest BCUT2D eigenvalue weighted by molar-refractivity contribution is -0.122. The highest BCUT2D eigenvalue weighted by Crippen LogP contribution is 2.18. The Morgan fingerprint density at radius 1 is 1.20 bits per heavy atom. The van der Waals surface area contributed by atoms with Gasteiger partial charge in [-0.15, -0.1) is 0 Å². The Hall–Kier alpha value is -2.62. The lowest BCUT2D eigenvalue weighted by atomic mass is 10.1. The van der Waals surface area contributed by atoms with Gasteiger partial charge in [0.2, 0.25) is 5.91 Å². The molecule has 0 atom stereocenters. The highest BCUT2D eigenvalue weighted by atomic mass is 16.5. The van der Waals surface area contributed by atoms with Crippen molar-refractivity contribution in [1.29, 1.82) is 0 Å². The molecule has 1 aliphatic carbocycles. The number of aromatic nitrogens is 1. The molecule has 4 nitrogen and oxygen atoms in total. The molecule has 1 aliphatic rings. The number of hydrogen-bond acceptors (Lipinski definition) is 3. The second-order valence-corrected chi connectivity index (χ2v) is 4.56. The zero-order valence-electron chi connectivity index (χ0n) is 10.8. The van der Waals surface area contributed by atoms with E-state index in [0.29, 0.717) is 12.3 Å². The van der Waals surface area contributed by atoms with Gasteiger partial charge >= 0.3 is 0 Å². The second kappa shape index (κ2) is 5.57. The minimum absolute atomic E-state index is 0.0346. The summed E-state index contributed by atoms with van der Waals surface area (Å²) in [5.74, 6) is 0.433. The van der Waals surface area contributed by atoms with Gasteiger partial charge < -0.3 is 9.84 Å². The van der Waals surface area contributed by atoms with Crippen LogP contribution in [0.25, 0.3) is 11.3 Å². The van der Waals surface area contributed by atoms with Gasteiger partial charge in [0.05, 0.1) is 12.5 Å². The van der Waals surface area contributed by atoms with Gasteiger partial charge in [0, 0.05) is 11.6 Å². The fraction of sp³-hybridized carbons (Fsp3) is 0.125. The van der Waals surface area contributed by atoms with Crippen molar-refractivity contribution in [1.82, 2.24) is 10.5 Å². The molecule has 1 heterocycles. The molecule has 1 amide bonds. The Balaban J connectivity index is 1.62. The molecule has 0 saturated carbocycles. The zero-order valence-corrected chi connectivity index (χ0v) is 10.8. The summed E-state index contributed by atoms with van der Waals surface area (Å²) in [6.07, 6.45) is 7.44. The third kappa shape index (κ3) is 2.69. The largest absolute Gasteiger partial charge is 0.359 e. The lowest BCUT2D eigenvalue weighted by Gasteiger charge is -2.05. The van der Waals surface area contributed by atoms with E-state index in [0.717, 1.165) is 11.3 Å². The predicted molar refractivity (Wildman–Crippen MR) is 75.6 cm³/mol. The average Bonchev–Trinajstić information content (AvgIpc) is 3.17. The summed E-state index contributed by atoms with van der Waals surface area (Å²) >= 11 is 0. The monoisotopic (exact) mass is 266 g/mol. The van der Waals surface area contributed by atoms with Gasteiger partial charge in [0.25, 0.3) is 0 Å². The van der Waals surface area contributed by atoms with E-state index in [9.17, 15) is 4.79 Å². The SMILES string of the molecule is O=C(NCc1cc(-c2ccccc2)no1)C1C=CC=C1. The number of allylic oxidation sites excluding steroid dienone is 2. The van der Waals surface area contributed by atoms with E-state index in [1.807, 2.05) is 60.7 Å². The van der Waals surface area contributed by atoms with Crippen LogP contribution in [-0.2, 0) is 11.3 Å². The average molecular weight is 266 g/mol. The van der Waals surface area contributed by atoms with Crippen LogP contribution in [0.15, 0.2) is 65.2 Å². The van der Waals surface area contributed by atoms with Crippen LogP contribution < -0.4 is 5.32 Å². The zero-order chi connectivity index (χ0) is 13.8. The van der Waals surface area contributed by atoms with E-state index in [1.54, 1.807) is 0 Å². The highest BCUT2D eigenvalue weighted by molar-refractivity contribution is 5.83. The first-order valence-corrected chi connectivity index (χ1v) is 6.46. The Labute approximate surface area is 116 Å². The molecule has 0 bridgehead atoms. The minimum atomic E-state index is -0.175. The molecule has 0 aliphatic heterocycles. The minimum Gasteiger partial charge on any atom is -0.359 e. The smallest absolute Gasteiger partial charge is 0.231 e. The number of rotatable bonds is 4. The van der Waals surface area contributed by atoms with E-state index >= 15 is 0 Å². The molecule has 0 fully saturated rings. The van der Waals surface area contributed by atoms with E-state index < -0.39 is 0 Å². The van der Waals surface area contributed by atoms with Crippen LogP contribution in [0.5, 0.6) is 0 Å². The molecular weight excluding hydrogens is 252 g/mol. The summed E-state index contributed by atoms with van der Waals surface area (Å²) in [7, 11) is 0. The maximum absolute atomic E-state index is 11.8. The number of nitrogens with one attached hydrogen (secondary N) is 1. The van der Waals surface area contributed by atoms with Crippen molar-refractivity contribution in [2.24, 2.45) is 5.92 Å². The second-order valence-electron chi connectivity index (χ2n) is 4.56. The number of carbonyl (C=O) groups is 1. The molecule has 100 valence electrons. The Morgan fingerprint density at radius 2 is 1.95 bits per heavy atom. The van der Waals surface area contributed by atoms with Gasteiger partial charge in [0.15, 0.2) is 5.76 Å². The van der Waals surface area contributed by atoms with E-state index in [4.69, 9.17) is 4.52 Å². The Bertz CT molecular complexity index is 644. The molecule has 0 unspecified atom stereocenters. The third-order valence-electron chi connectivity index (χ3n) is 3.12. The number of carbonyl (C=O) groups excluding carboxylic acids is 1. The van der Waals surface area contributed by atoms with Crippen LogP contribution in [0.4, 0.5) is 0 Å². The number of nitrogens with zero attached hydrogens (tertiary/aromatic N) is 1. The highest BCUT2D eigenvalue weighted by Gasteiger charge is 2.14. The summed E-state index contributed by atoms with van der Waals surface area (Å²) < 4.78 is 5.23. The van der Waals surface area contributed by atoms with Gasteiger partial charge in [-0.2, -0.15) is 0 Å². The molecule has 20 heavy (non-hydrogen) atoms. The van der Waals surface area contributed by atoms with Crippen molar-refractivity contribution >= 4 is 5.91 Å². The van der Waals surface area contributed by atoms with Crippen molar-refractivity contribution in [3.8, 4) is 11.3 Å². The lowest BCUT2D eigenvalue weighted by Crippen LogP contribution is -2.27. The van der Waals surface area contributed by atoms with Crippen molar-refractivity contribution in [3.05, 3.63) is 66.5 Å². The predicted octanol–water partition coefficient (Wildman–Crippen LogP) is 2.70. The van der Waals surface area contributed by atoms with Crippen LogP contribution in [0.2, 0.25) is 0 Å². The fourth-order valence-electron chi connectivity index (χ4n) is 2.04. The standard InChI is InChI=1S/C16H14N2O2/c19-16(13-8-4-5-9-13)17-11-14-10-15(18-20-14)12-6-2-1-3-7-12/h1-10,13H,11H2,(H,17,19). The van der Waals surface area contributed by atoms with Crippen molar-refractivity contribution in [2.75, 3.05) is 0 Å². The summed E-state index contributed by atoms with van der Waals surface area (Å²) in [5.41, 5.74) is 1.77. The van der Waals surface area contributed by atoms with Crippen LogP contribution >= 0.6 is 0 Å². The van der Waals surface area contributed by atoms with E-state index in [-0.39, 0.29) is 11.8 Å². The molecule has 1 aromatic carbocycles. The molecule has 0 spiro atoms. The van der Waals surface area contributed by atoms with Gasteiger partial charge in [-0.1, -0.05) is 59.8 Å². The number of hydrogen-bond donors (Lipinski definition) is 1. The van der Waals surface area contributed by atoms with Crippen LogP contribution in [0, 0.1) is 5.92 Å². The molecular formula is C16H14N2O2. The summed E-state index contributed by atoms with van der Waals surface area (Å²) in [5, 5.41) is 6.84. The van der Waals surface area contributed by atoms with E-state index in [1.165, 1.54) is 0 Å². The van der Waals surface area contributed by atoms with Crippen molar-refractivity contribution in [3.63, 3.8) is 0 Å². The topological polar surface area (TPSA) is 55.1 Å². The first-order valence-electron chi connectivity index (χ1n) is 6.46. The maximum atomic E-state index is 11.8. The van der Waals surface area contributed by atoms with Crippen molar-refractivity contribution < 1.29 is 9.32 Å². The molecule has 1 N–H and O–H groups in total. The van der Waals surface area contributed by atoms with Gasteiger partial charge in [-0.05, 0) is 0 Å². The van der Waals surface area contributed by atoms with Crippen LogP contribution in [-0.4, -0.2) is 11.1 Å². The van der Waals surface area contributed by atoms with E-state index in [2.05, 4.69) is 10.5 Å². The molecule has 0 saturated heterocycles. The van der Waals surface area contributed by atoms with Gasteiger partial charge in [-0.3, -0.25) is 4.79 Å². The summed E-state index contributed by atoms with van der Waals surface area (Å²) in [6, 6.07) is 11.6. The molecule has 3 rings (SSSR count). The van der Waals surface area contributed by atoms with Gasteiger partial charge in [-0.25, -0.2) is 0 Å². The first-order chi connectivity index (χ1) is 9.83. The quantitative estimate of drug-likeness (QED) is 0.925. The molecule has 1 aromatic heterocycles. The Kier molecular flexibility index (Phi) is 3.46.